The van der Waals surface area contributed by atoms with Crippen LogP contribution < -0.4 is 0 Å². The summed E-state index contributed by atoms with van der Waals surface area (Å²) in [5.74, 6) is -0.641. The standard InChI is InChI=1S/C9H14O3.C8H15NO2.C7H7N/c1-7(2)9(10)12-6-8-4-3-5-11-8;1-7(2)8(10)11-6-5-9(3)4;1-2-7-3-5-8-6-4-7/h8H,1,3-6H2,2H3;1,5-6H2,2-4H3;2-6H,1H2. The molecule has 0 aromatic carbocycles. The largest absolute Gasteiger partial charge is 0.461 e. The molecule has 2 rings (SSSR count). The summed E-state index contributed by atoms with van der Waals surface area (Å²) in [6, 6.07) is 3.82. The summed E-state index contributed by atoms with van der Waals surface area (Å²) in [5.41, 5.74) is 2.00. The van der Waals surface area contributed by atoms with Crippen LogP contribution in [-0.2, 0) is 23.8 Å². The number of hydrogen-bond acceptors (Lipinski definition) is 7. The van der Waals surface area contributed by atoms with Gasteiger partial charge in [-0.15, -0.1) is 0 Å². The van der Waals surface area contributed by atoms with Crippen molar-refractivity contribution in [3.05, 3.63) is 61.0 Å². The van der Waals surface area contributed by atoms with E-state index in [1.54, 1.807) is 32.3 Å². The molecule has 0 radical (unpaired) electrons. The van der Waals surface area contributed by atoms with Gasteiger partial charge in [0.1, 0.15) is 13.2 Å². The topological polar surface area (TPSA) is 78.0 Å². The van der Waals surface area contributed by atoms with Crippen LogP contribution in [0.3, 0.4) is 0 Å². The van der Waals surface area contributed by atoms with Gasteiger partial charge in [-0.25, -0.2) is 9.59 Å². The van der Waals surface area contributed by atoms with Crippen LogP contribution in [0.15, 0.2) is 55.4 Å². The molecule has 1 aliphatic rings. The fourth-order valence-corrected chi connectivity index (χ4v) is 2.01. The van der Waals surface area contributed by atoms with Crippen molar-refractivity contribution in [3.63, 3.8) is 0 Å². The molecular formula is C24H36N2O5. The normalized spacial score (nSPS) is 14.3. The molecule has 0 bridgehead atoms. The van der Waals surface area contributed by atoms with Gasteiger partial charge in [0.2, 0.25) is 0 Å². The third kappa shape index (κ3) is 15.7. The number of likely N-dealkylation sites (N-methyl/N-ethyl adjacent to an activating group) is 1. The van der Waals surface area contributed by atoms with E-state index in [1.165, 1.54) is 0 Å². The zero-order valence-electron chi connectivity index (χ0n) is 19.3. The highest BCUT2D eigenvalue weighted by Gasteiger charge is 2.17. The quantitative estimate of drug-likeness (QED) is 0.458. The first-order chi connectivity index (χ1) is 14.7. The first kappa shape index (κ1) is 28.2. The molecule has 1 atom stereocenters. The summed E-state index contributed by atoms with van der Waals surface area (Å²) in [5, 5.41) is 0. The SMILES string of the molecule is C=C(C)C(=O)OCC1CCCO1.C=C(C)C(=O)OCCN(C)C.C=Cc1ccncc1. The summed E-state index contributed by atoms with van der Waals surface area (Å²) in [4.78, 5) is 27.5. The molecule has 1 saturated heterocycles. The molecule has 31 heavy (non-hydrogen) atoms. The average molecular weight is 433 g/mol. The number of pyridine rings is 1. The van der Waals surface area contributed by atoms with Crippen LogP contribution in [0.5, 0.6) is 0 Å². The second kappa shape index (κ2) is 17.0. The van der Waals surface area contributed by atoms with Gasteiger partial charge in [0, 0.05) is 36.7 Å². The molecular weight excluding hydrogens is 396 g/mol. The molecule has 7 heteroatoms. The predicted molar refractivity (Wildman–Crippen MR) is 123 cm³/mol. The van der Waals surface area contributed by atoms with Crippen molar-refractivity contribution in [2.45, 2.75) is 32.8 Å². The second-order valence-electron chi connectivity index (χ2n) is 7.22. The Hall–Kier alpha value is -2.77. The van der Waals surface area contributed by atoms with Gasteiger partial charge in [0.15, 0.2) is 0 Å². The highest BCUT2D eigenvalue weighted by Crippen LogP contribution is 2.12. The van der Waals surface area contributed by atoms with E-state index in [4.69, 9.17) is 14.2 Å². The zero-order valence-corrected chi connectivity index (χ0v) is 19.3. The van der Waals surface area contributed by atoms with E-state index in [1.807, 2.05) is 31.1 Å². The van der Waals surface area contributed by atoms with Crippen molar-refractivity contribution >= 4 is 18.0 Å². The Bertz CT molecular complexity index is 695. The number of nitrogens with zero attached hydrogens (tertiary/aromatic N) is 2. The van der Waals surface area contributed by atoms with Crippen LogP contribution in [-0.4, -0.2) is 68.4 Å². The fraction of sp³-hybridized carbons (Fsp3) is 0.458. The van der Waals surface area contributed by atoms with Crippen molar-refractivity contribution in [1.82, 2.24) is 9.88 Å². The number of esters is 2. The lowest BCUT2D eigenvalue weighted by Crippen LogP contribution is -2.20. The van der Waals surface area contributed by atoms with E-state index in [0.717, 1.165) is 31.6 Å². The van der Waals surface area contributed by atoms with Gasteiger partial charge in [0.05, 0.1) is 6.10 Å². The maximum atomic E-state index is 10.9. The Morgan fingerprint density at radius 3 is 2.16 bits per heavy atom. The first-order valence-electron chi connectivity index (χ1n) is 10.1. The highest BCUT2D eigenvalue weighted by atomic mass is 16.6. The summed E-state index contributed by atoms with van der Waals surface area (Å²) in [7, 11) is 3.85. The highest BCUT2D eigenvalue weighted by molar-refractivity contribution is 5.87. The molecule has 7 nitrogen and oxygen atoms in total. The fourth-order valence-electron chi connectivity index (χ4n) is 2.01. The molecule has 0 amide bonds. The van der Waals surface area contributed by atoms with E-state index in [9.17, 15) is 9.59 Å². The van der Waals surface area contributed by atoms with Crippen LogP contribution in [0.4, 0.5) is 0 Å². The smallest absolute Gasteiger partial charge is 0.333 e. The average Bonchev–Trinajstić information content (AvgIpc) is 3.26. The molecule has 1 unspecified atom stereocenters. The zero-order chi connectivity index (χ0) is 23.6. The third-order valence-electron chi connectivity index (χ3n) is 3.83. The number of rotatable bonds is 8. The molecule has 0 aliphatic carbocycles. The number of carbonyl (C=O) groups excluding carboxylic acids is 2. The van der Waals surface area contributed by atoms with Gasteiger partial charge in [-0.2, -0.15) is 0 Å². The van der Waals surface area contributed by atoms with Gasteiger partial charge in [-0.05, 0) is 58.5 Å². The van der Waals surface area contributed by atoms with Crippen LogP contribution in [0.1, 0.15) is 32.3 Å². The van der Waals surface area contributed by atoms with E-state index in [-0.39, 0.29) is 18.0 Å². The van der Waals surface area contributed by atoms with Crippen molar-refractivity contribution in [2.24, 2.45) is 0 Å². The summed E-state index contributed by atoms with van der Waals surface area (Å²) in [6.45, 7) is 16.2. The van der Waals surface area contributed by atoms with Gasteiger partial charge in [-0.1, -0.05) is 25.8 Å². The van der Waals surface area contributed by atoms with Crippen molar-refractivity contribution in [2.75, 3.05) is 40.5 Å². The summed E-state index contributed by atoms with van der Waals surface area (Å²) < 4.78 is 15.0. The van der Waals surface area contributed by atoms with Crippen molar-refractivity contribution < 1.29 is 23.8 Å². The van der Waals surface area contributed by atoms with Crippen LogP contribution in [0, 0.1) is 0 Å². The summed E-state index contributed by atoms with van der Waals surface area (Å²) >= 11 is 0. The number of carbonyl (C=O) groups is 2. The van der Waals surface area contributed by atoms with E-state index < -0.39 is 0 Å². The Morgan fingerprint density at radius 1 is 1.16 bits per heavy atom. The number of ether oxygens (including phenoxy) is 3. The Kier molecular flexibility index (Phi) is 15.5. The van der Waals surface area contributed by atoms with Gasteiger partial charge < -0.3 is 19.1 Å². The number of hydrogen-bond donors (Lipinski definition) is 0. The van der Waals surface area contributed by atoms with E-state index in [2.05, 4.69) is 24.7 Å². The first-order valence-corrected chi connectivity index (χ1v) is 10.1. The van der Waals surface area contributed by atoms with E-state index >= 15 is 0 Å². The lowest BCUT2D eigenvalue weighted by Gasteiger charge is -2.09. The molecule has 0 N–H and O–H groups in total. The van der Waals surface area contributed by atoms with Crippen molar-refractivity contribution in [3.8, 4) is 0 Å². The molecule has 0 saturated carbocycles. The maximum Gasteiger partial charge on any atom is 0.333 e. The maximum absolute atomic E-state index is 10.9. The van der Waals surface area contributed by atoms with Gasteiger partial charge in [-0.3, -0.25) is 4.98 Å². The number of aromatic nitrogens is 1. The van der Waals surface area contributed by atoms with E-state index in [0.29, 0.717) is 24.4 Å². The van der Waals surface area contributed by atoms with Crippen molar-refractivity contribution in [1.29, 1.82) is 0 Å². The van der Waals surface area contributed by atoms with Crippen LogP contribution >= 0.6 is 0 Å². The lowest BCUT2D eigenvalue weighted by atomic mass is 10.2. The minimum atomic E-state index is -0.328. The summed E-state index contributed by atoms with van der Waals surface area (Å²) in [6.07, 6.45) is 7.45. The van der Waals surface area contributed by atoms with Crippen LogP contribution in [0.2, 0.25) is 0 Å². The molecule has 1 fully saturated rings. The van der Waals surface area contributed by atoms with Crippen LogP contribution in [0.25, 0.3) is 6.08 Å². The molecule has 2 heterocycles. The molecule has 0 spiro atoms. The van der Waals surface area contributed by atoms with Gasteiger partial charge >= 0.3 is 11.9 Å². The Balaban J connectivity index is 0.000000444. The monoisotopic (exact) mass is 432 g/mol. The molecule has 1 aliphatic heterocycles. The minimum absolute atomic E-state index is 0.105. The Labute approximate surface area is 186 Å². The van der Waals surface area contributed by atoms with Gasteiger partial charge in [0.25, 0.3) is 0 Å². The minimum Gasteiger partial charge on any atom is -0.461 e. The molecule has 1 aromatic rings. The molecule has 1 aromatic heterocycles. The Morgan fingerprint density at radius 2 is 1.74 bits per heavy atom. The second-order valence-corrected chi connectivity index (χ2v) is 7.22. The predicted octanol–water partition coefficient (Wildman–Crippen LogP) is 3.68. The molecule has 172 valence electrons. The third-order valence-corrected chi connectivity index (χ3v) is 3.83. The lowest BCUT2D eigenvalue weighted by molar-refractivity contribution is -0.142.